The van der Waals surface area contributed by atoms with Crippen LogP contribution in [0.2, 0.25) is 0 Å². The number of nitrogens with one attached hydrogen (secondary N) is 1. The second-order valence-corrected chi connectivity index (χ2v) is 8.04. The smallest absolute Gasteiger partial charge is 0.233 e. The standard InChI is InChI=1S/C17H29N5O2S/c1-3-22-16(21-9-11-24-12-10-21)19-20-17(22)25-13(2)15(23)18-14-7-5-4-6-8-14/h13-14H,3-12H2,1-2H3,(H,18,23)/t13-/m0/s1. The molecule has 1 aromatic heterocycles. The summed E-state index contributed by atoms with van der Waals surface area (Å²) in [4.78, 5) is 14.7. The quantitative estimate of drug-likeness (QED) is 0.776. The maximum atomic E-state index is 12.5. The number of carbonyl (C=O) groups excluding carboxylic acids is 1. The van der Waals surface area contributed by atoms with Crippen LogP contribution in [0, 0.1) is 0 Å². The molecule has 2 fully saturated rings. The van der Waals surface area contributed by atoms with Gasteiger partial charge < -0.3 is 15.0 Å². The van der Waals surface area contributed by atoms with E-state index in [1.54, 1.807) is 0 Å². The van der Waals surface area contributed by atoms with Crippen molar-refractivity contribution in [3.63, 3.8) is 0 Å². The molecule has 0 radical (unpaired) electrons. The molecule has 1 N–H and O–H groups in total. The molecule has 8 heteroatoms. The average molecular weight is 368 g/mol. The number of hydrogen-bond donors (Lipinski definition) is 1. The molecular formula is C17H29N5O2S. The Morgan fingerprint density at radius 2 is 2.00 bits per heavy atom. The predicted molar refractivity (Wildman–Crippen MR) is 99.1 cm³/mol. The summed E-state index contributed by atoms with van der Waals surface area (Å²) in [6.07, 6.45) is 5.95. The van der Waals surface area contributed by atoms with Crippen LogP contribution >= 0.6 is 11.8 Å². The first kappa shape index (κ1) is 18.5. The molecule has 2 heterocycles. The molecule has 7 nitrogen and oxygen atoms in total. The third kappa shape index (κ3) is 4.67. The van der Waals surface area contributed by atoms with E-state index in [-0.39, 0.29) is 11.2 Å². The van der Waals surface area contributed by atoms with Gasteiger partial charge >= 0.3 is 0 Å². The van der Waals surface area contributed by atoms with Crippen molar-refractivity contribution >= 4 is 23.6 Å². The Kier molecular flexibility index (Phi) is 6.58. The van der Waals surface area contributed by atoms with Gasteiger partial charge in [-0.05, 0) is 26.7 Å². The Bertz CT molecular complexity index is 567. The van der Waals surface area contributed by atoms with E-state index in [9.17, 15) is 4.79 Å². The molecule has 0 spiro atoms. The lowest BCUT2D eigenvalue weighted by atomic mass is 9.95. The lowest BCUT2D eigenvalue weighted by Gasteiger charge is -2.27. The summed E-state index contributed by atoms with van der Waals surface area (Å²) < 4.78 is 7.51. The highest BCUT2D eigenvalue weighted by atomic mass is 32.2. The number of amides is 1. The number of thioether (sulfide) groups is 1. The van der Waals surface area contributed by atoms with Crippen molar-refractivity contribution in [1.82, 2.24) is 20.1 Å². The van der Waals surface area contributed by atoms with Crippen molar-refractivity contribution in [3.8, 4) is 0 Å². The second kappa shape index (κ2) is 8.89. The molecule has 0 unspecified atom stereocenters. The van der Waals surface area contributed by atoms with E-state index in [2.05, 4.69) is 31.9 Å². The molecule has 1 atom stereocenters. The minimum absolute atomic E-state index is 0.107. The van der Waals surface area contributed by atoms with Gasteiger partial charge in [0.15, 0.2) is 5.16 Å². The van der Waals surface area contributed by atoms with Gasteiger partial charge in [-0.3, -0.25) is 9.36 Å². The van der Waals surface area contributed by atoms with E-state index < -0.39 is 0 Å². The van der Waals surface area contributed by atoms with Gasteiger partial charge in [0.2, 0.25) is 11.9 Å². The second-order valence-electron chi connectivity index (χ2n) is 6.73. The van der Waals surface area contributed by atoms with Crippen LogP contribution in [-0.2, 0) is 16.1 Å². The number of hydrogen-bond acceptors (Lipinski definition) is 6. The number of morpholine rings is 1. The number of rotatable bonds is 6. The molecule has 25 heavy (non-hydrogen) atoms. The number of nitrogens with zero attached hydrogens (tertiary/aromatic N) is 4. The summed E-state index contributed by atoms with van der Waals surface area (Å²) in [5, 5.41) is 12.6. The van der Waals surface area contributed by atoms with Crippen LogP contribution in [0.1, 0.15) is 46.0 Å². The Morgan fingerprint density at radius 3 is 2.68 bits per heavy atom. The third-order valence-electron chi connectivity index (χ3n) is 4.91. The highest BCUT2D eigenvalue weighted by Crippen LogP contribution is 2.26. The molecular weight excluding hydrogens is 338 g/mol. The van der Waals surface area contributed by atoms with E-state index in [0.717, 1.165) is 56.8 Å². The van der Waals surface area contributed by atoms with Gasteiger partial charge in [-0.15, -0.1) is 10.2 Å². The van der Waals surface area contributed by atoms with E-state index in [1.165, 1.54) is 31.0 Å². The summed E-state index contributed by atoms with van der Waals surface area (Å²) in [7, 11) is 0. The van der Waals surface area contributed by atoms with Crippen LogP contribution in [-0.4, -0.2) is 58.3 Å². The van der Waals surface area contributed by atoms with Gasteiger partial charge in [-0.2, -0.15) is 0 Å². The van der Waals surface area contributed by atoms with Gasteiger partial charge in [0.1, 0.15) is 0 Å². The maximum absolute atomic E-state index is 12.5. The van der Waals surface area contributed by atoms with Gasteiger partial charge in [0.05, 0.1) is 18.5 Å². The third-order valence-corrected chi connectivity index (χ3v) is 5.99. The highest BCUT2D eigenvalue weighted by molar-refractivity contribution is 8.00. The van der Waals surface area contributed by atoms with Crippen LogP contribution in [0.25, 0.3) is 0 Å². The summed E-state index contributed by atoms with van der Waals surface area (Å²) in [6, 6.07) is 0.345. The van der Waals surface area contributed by atoms with Crippen molar-refractivity contribution < 1.29 is 9.53 Å². The van der Waals surface area contributed by atoms with Crippen LogP contribution in [0.3, 0.4) is 0 Å². The maximum Gasteiger partial charge on any atom is 0.233 e. The van der Waals surface area contributed by atoms with Crippen LogP contribution < -0.4 is 10.2 Å². The SMILES string of the molecule is CCn1c(S[C@@H](C)C(=O)NC2CCCCC2)nnc1N1CCOCC1. The van der Waals surface area contributed by atoms with Gasteiger partial charge in [0, 0.05) is 25.7 Å². The van der Waals surface area contributed by atoms with Crippen LogP contribution in [0.15, 0.2) is 5.16 Å². The molecule has 0 bridgehead atoms. The molecule has 1 saturated carbocycles. The minimum Gasteiger partial charge on any atom is -0.378 e. The van der Waals surface area contributed by atoms with Gasteiger partial charge in [-0.1, -0.05) is 31.0 Å². The minimum atomic E-state index is -0.172. The zero-order valence-corrected chi connectivity index (χ0v) is 16.1. The molecule has 1 aromatic rings. The predicted octanol–water partition coefficient (Wildman–Crippen LogP) is 2.06. The normalized spacial score (nSPS) is 20.5. The van der Waals surface area contributed by atoms with Gasteiger partial charge in [0.25, 0.3) is 0 Å². The van der Waals surface area contributed by atoms with Crippen molar-refractivity contribution in [2.24, 2.45) is 0 Å². The summed E-state index contributed by atoms with van der Waals surface area (Å²) >= 11 is 1.50. The highest BCUT2D eigenvalue weighted by Gasteiger charge is 2.24. The fourth-order valence-electron chi connectivity index (χ4n) is 3.42. The molecule has 0 aromatic carbocycles. The first-order valence-electron chi connectivity index (χ1n) is 9.42. The molecule has 1 saturated heterocycles. The Morgan fingerprint density at radius 1 is 1.28 bits per heavy atom. The summed E-state index contributed by atoms with van der Waals surface area (Å²) in [6.45, 7) is 7.94. The lowest BCUT2D eigenvalue weighted by molar-refractivity contribution is -0.121. The average Bonchev–Trinajstić information content (AvgIpc) is 3.05. The Balaban J connectivity index is 1.61. The fourth-order valence-corrected chi connectivity index (χ4v) is 4.34. The Hall–Kier alpha value is -1.28. The Labute approximate surface area is 153 Å². The van der Waals surface area contributed by atoms with Crippen LogP contribution in [0.4, 0.5) is 5.95 Å². The molecule has 3 rings (SSSR count). The van der Waals surface area contributed by atoms with Crippen molar-refractivity contribution in [3.05, 3.63) is 0 Å². The van der Waals surface area contributed by atoms with E-state index in [1.807, 2.05) is 6.92 Å². The van der Waals surface area contributed by atoms with E-state index in [4.69, 9.17) is 4.74 Å². The largest absolute Gasteiger partial charge is 0.378 e. The van der Waals surface area contributed by atoms with Crippen LogP contribution in [0.5, 0.6) is 0 Å². The van der Waals surface area contributed by atoms with E-state index >= 15 is 0 Å². The fraction of sp³-hybridized carbons (Fsp3) is 0.824. The molecule has 2 aliphatic rings. The number of aromatic nitrogens is 3. The first-order chi connectivity index (χ1) is 12.2. The van der Waals surface area contributed by atoms with E-state index in [0.29, 0.717) is 6.04 Å². The molecule has 1 aliphatic heterocycles. The van der Waals surface area contributed by atoms with Crippen molar-refractivity contribution in [2.45, 2.75) is 68.9 Å². The number of carbonyl (C=O) groups is 1. The zero-order valence-electron chi connectivity index (χ0n) is 15.2. The molecule has 140 valence electrons. The lowest BCUT2D eigenvalue weighted by Crippen LogP contribution is -2.40. The number of ether oxygens (including phenoxy) is 1. The molecule has 1 amide bonds. The first-order valence-corrected chi connectivity index (χ1v) is 10.3. The monoisotopic (exact) mass is 367 g/mol. The number of anilines is 1. The van der Waals surface area contributed by atoms with Crippen molar-refractivity contribution in [2.75, 3.05) is 31.2 Å². The van der Waals surface area contributed by atoms with Crippen molar-refractivity contribution in [1.29, 1.82) is 0 Å². The van der Waals surface area contributed by atoms with Gasteiger partial charge in [-0.25, -0.2) is 0 Å². The summed E-state index contributed by atoms with van der Waals surface area (Å²) in [5.41, 5.74) is 0. The zero-order chi connectivity index (χ0) is 17.6. The topological polar surface area (TPSA) is 72.3 Å². The summed E-state index contributed by atoms with van der Waals surface area (Å²) in [5.74, 6) is 0.990. The molecule has 1 aliphatic carbocycles.